The van der Waals surface area contributed by atoms with Gasteiger partial charge in [0.1, 0.15) is 12.7 Å². The first-order valence-corrected chi connectivity index (χ1v) is 8.88. The number of carbonyl (C=O) groups is 1. The molecule has 0 aliphatic carbocycles. The minimum Gasteiger partial charge on any atom is -0.324 e. The maximum atomic E-state index is 12.6. The SMILES string of the molecule is Cc1cccnc1CC(C)N(C)C(=O)Nc1cccc(Cn2cncn2)c1. The van der Waals surface area contributed by atoms with Crippen molar-refractivity contribution >= 4 is 11.7 Å². The summed E-state index contributed by atoms with van der Waals surface area (Å²) < 4.78 is 1.74. The molecule has 0 bridgehead atoms. The summed E-state index contributed by atoms with van der Waals surface area (Å²) >= 11 is 0. The van der Waals surface area contributed by atoms with Crippen LogP contribution in [0.5, 0.6) is 0 Å². The van der Waals surface area contributed by atoms with Gasteiger partial charge >= 0.3 is 6.03 Å². The third-order valence-electron chi connectivity index (χ3n) is 4.58. The van der Waals surface area contributed by atoms with Crippen LogP contribution in [0.15, 0.2) is 55.2 Å². The predicted molar refractivity (Wildman–Crippen MR) is 104 cm³/mol. The lowest BCUT2D eigenvalue weighted by molar-refractivity contribution is 0.207. The van der Waals surface area contributed by atoms with Crippen LogP contribution >= 0.6 is 0 Å². The summed E-state index contributed by atoms with van der Waals surface area (Å²) in [4.78, 5) is 22.7. The van der Waals surface area contributed by atoms with E-state index in [1.165, 1.54) is 6.33 Å². The van der Waals surface area contributed by atoms with Gasteiger partial charge in [0, 0.05) is 37.1 Å². The highest BCUT2D eigenvalue weighted by Gasteiger charge is 2.17. The smallest absolute Gasteiger partial charge is 0.321 e. The minimum absolute atomic E-state index is 0.0249. The van der Waals surface area contributed by atoms with Crippen LogP contribution < -0.4 is 5.32 Å². The van der Waals surface area contributed by atoms with E-state index in [4.69, 9.17) is 0 Å². The number of likely N-dealkylation sites (N-methyl/N-ethyl adjacent to an activating group) is 1. The molecular weight excluding hydrogens is 340 g/mol. The van der Waals surface area contributed by atoms with Gasteiger partial charge in [-0.2, -0.15) is 5.10 Å². The van der Waals surface area contributed by atoms with Gasteiger partial charge < -0.3 is 10.2 Å². The Morgan fingerprint density at radius 3 is 2.89 bits per heavy atom. The molecule has 0 saturated carbocycles. The van der Waals surface area contributed by atoms with Crippen LogP contribution in [0.3, 0.4) is 0 Å². The summed E-state index contributed by atoms with van der Waals surface area (Å²) in [5.74, 6) is 0. The minimum atomic E-state index is -0.144. The average Bonchev–Trinajstić information content (AvgIpc) is 3.16. The first-order valence-electron chi connectivity index (χ1n) is 8.88. The summed E-state index contributed by atoms with van der Waals surface area (Å²) in [5.41, 5.74) is 3.95. The number of anilines is 1. The molecule has 0 saturated heterocycles. The Morgan fingerprint density at radius 2 is 2.15 bits per heavy atom. The maximum Gasteiger partial charge on any atom is 0.321 e. The van der Waals surface area contributed by atoms with E-state index in [1.54, 1.807) is 29.2 Å². The van der Waals surface area contributed by atoms with Crippen molar-refractivity contribution in [3.8, 4) is 0 Å². The first kappa shape index (κ1) is 18.6. The van der Waals surface area contributed by atoms with E-state index in [9.17, 15) is 4.79 Å². The summed E-state index contributed by atoms with van der Waals surface area (Å²) in [7, 11) is 1.80. The van der Waals surface area contributed by atoms with Gasteiger partial charge in [0.25, 0.3) is 0 Å². The number of aromatic nitrogens is 4. The van der Waals surface area contributed by atoms with Crippen LogP contribution in [0.4, 0.5) is 10.5 Å². The number of carbonyl (C=O) groups excluding carboxylic acids is 1. The third kappa shape index (κ3) is 4.91. The highest BCUT2D eigenvalue weighted by Crippen LogP contribution is 2.14. The Balaban J connectivity index is 1.61. The Kier molecular flexibility index (Phi) is 5.80. The van der Waals surface area contributed by atoms with Crippen molar-refractivity contribution in [1.29, 1.82) is 0 Å². The molecule has 2 aromatic heterocycles. The molecule has 3 aromatic rings. The number of pyridine rings is 1. The zero-order valence-electron chi connectivity index (χ0n) is 15.8. The molecule has 1 aromatic carbocycles. The number of urea groups is 1. The monoisotopic (exact) mass is 364 g/mol. The summed E-state index contributed by atoms with van der Waals surface area (Å²) in [6.45, 7) is 4.67. The van der Waals surface area contributed by atoms with Gasteiger partial charge in [0.05, 0.1) is 6.54 Å². The molecule has 3 rings (SSSR count). The Labute approximate surface area is 159 Å². The number of hydrogen-bond donors (Lipinski definition) is 1. The van der Waals surface area contributed by atoms with Gasteiger partial charge in [-0.1, -0.05) is 18.2 Å². The summed E-state index contributed by atoms with van der Waals surface area (Å²) in [5, 5.41) is 7.07. The van der Waals surface area contributed by atoms with Crippen LogP contribution in [0.25, 0.3) is 0 Å². The zero-order chi connectivity index (χ0) is 19.2. The fraction of sp³-hybridized carbons (Fsp3) is 0.300. The van der Waals surface area contributed by atoms with Crippen molar-refractivity contribution in [3.05, 3.63) is 72.1 Å². The third-order valence-corrected chi connectivity index (χ3v) is 4.58. The number of nitrogens with zero attached hydrogens (tertiary/aromatic N) is 5. The van der Waals surface area contributed by atoms with Gasteiger partial charge in [0.15, 0.2) is 0 Å². The fourth-order valence-corrected chi connectivity index (χ4v) is 2.81. The number of amides is 2. The first-order chi connectivity index (χ1) is 13.0. The van der Waals surface area contributed by atoms with Crippen molar-refractivity contribution in [2.24, 2.45) is 0 Å². The van der Waals surface area contributed by atoms with Gasteiger partial charge in [-0.15, -0.1) is 0 Å². The quantitative estimate of drug-likeness (QED) is 0.729. The number of benzene rings is 1. The molecule has 27 heavy (non-hydrogen) atoms. The van der Waals surface area contributed by atoms with Gasteiger partial charge in [0.2, 0.25) is 0 Å². The topological polar surface area (TPSA) is 75.9 Å². The Bertz CT molecular complexity index is 893. The second kappa shape index (κ2) is 8.44. The lowest BCUT2D eigenvalue weighted by Gasteiger charge is -2.25. The molecule has 1 unspecified atom stereocenters. The average molecular weight is 364 g/mol. The fourth-order valence-electron chi connectivity index (χ4n) is 2.81. The van der Waals surface area contributed by atoms with E-state index >= 15 is 0 Å². The largest absolute Gasteiger partial charge is 0.324 e. The van der Waals surface area contributed by atoms with Crippen molar-refractivity contribution in [1.82, 2.24) is 24.6 Å². The van der Waals surface area contributed by atoms with E-state index < -0.39 is 0 Å². The molecule has 140 valence electrons. The van der Waals surface area contributed by atoms with E-state index in [2.05, 4.69) is 20.4 Å². The molecule has 1 atom stereocenters. The van der Waals surface area contributed by atoms with Gasteiger partial charge in [-0.3, -0.25) is 4.98 Å². The second-order valence-corrected chi connectivity index (χ2v) is 6.65. The van der Waals surface area contributed by atoms with Crippen LogP contribution in [0, 0.1) is 6.92 Å². The molecule has 0 spiro atoms. The highest BCUT2D eigenvalue weighted by molar-refractivity contribution is 5.89. The number of nitrogens with one attached hydrogen (secondary N) is 1. The molecule has 1 N–H and O–H groups in total. The van der Waals surface area contributed by atoms with Crippen molar-refractivity contribution in [2.45, 2.75) is 32.9 Å². The molecular formula is C20H24N6O. The molecule has 7 heteroatoms. The summed E-state index contributed by atoms with van der Waals surface area (Å²) in [6.07, 6.45) is 5.67. The molecule has 7 nitrogen and oxygen atoms in total. The molecule has 2 heterocycles. The second-order valence-electron chi connectivity index (χ2n) is 6.65. The number of rotatable bonds is 6. The molecule has 0 radical (unpaired) electrons. The van der Waals surface area contributed by atoms with Crippen molar-refractivity contribution in [2.75, 3.05) is 12.4 Å². The van der Waals surface area contributed by atoms with Gasteiger partial charge in [-0.25, -0.2) is 14.5 Å². The molecule has 0 aliphatic heterocycles. The van der Waals surface area contributed by atoms with E-state index in [0.29, 0.717) is 13.0 Å². The lowest BCUT2D eigenvalue weighted by atomic mass is 10.1. The van der Waals surface area contributed by atoms with Crippen LogP contribution in [-0.2, 0) is 13.0 Å². The van der Waals surface area contributed by atoms with E-state index in [-0.39, 0.29) is 12.1 Å². The van der Waals surface area contributed by atoms with Crippen molar-refractivity contribution < 1.29 is 4.79 Å². The Morgan fingerprint density at radius 1 is 1.30 bits per heavy atom. The Hall–Kier alpha value is -3.22. The van der Waals surface area contributed by atoms with Crippen LogP contribution in [-0.4, -0.2) is 43.8 Å². The lowest BCUT2D eigenvalue weighted by Crippen LogP contribution is -2.39. The maximum absolute atomic E-state index is 12.6. The van der Waals surface area contributed by atoms with Crippen molar-refractivity contribution in [3.63, 3.8) is 0 Å². The molecule has 0 fully saturated rings. The van der Waals surface area contributed by atoms with Crippen LogP contribution in [0.1, 0.15) is 23.7 Å². The highest BCUT2D eigenvalue weighted by atomic mass is 16.2. The summed E-state index contributed by atoms with van der Waals surface area (Å²) in [6, 6.07) is 11.6. The van der Waals surface area contributed by atoms with E-state index in [1.807, 2.05) is 50.2 Å². The number of aryl methyl sites for hydroxylation is 1. The zero-order valence-corrected chi connectivity index (χ0v) is 15.8. The molecule has 2 amide bonds. The van der Waals surface area contributed by atoms with Gasteiger partial charge in [-0.05, 0) is 43.2 Å². The van der Waals surface area contributed by atoms with Crippen LogP contribution in [0.2, 0.25) is 0 Å². The number of hydrogen-bond acceptors (Lipinski definition) is 4. The normalized spacial score (nSPS) is 11.8. The van der Waals surface area contributed by atoms with E-state index in [0.717, 1.165) is 22.5 Å². The standard InChI is InChI=1S/C20H24N6O/c1-15-6-5-9-22-19(15)10-16(2)25(3)20(27)24-18-8-4-7-17(11-18)12-26-14-21-13-23-26/h4-9,11,13-14,16H,10,12H2,1-3H3,(H,24,27). The predicted octanol–water partition coefficient (Wildman–Crippen LogP) is 3.12. The molecule has 0 aliphatic rings.